The Morgan fingerprint density at radius 3 is 2.64 bits per heavy atom. The first-order chi connectivity index (χ1) is 5.15. The van der Waals surface area contributed by atoms with Crippen LogP contribution in [0.4, 0.5) is 10.1 Å². The summed E-state index contributed by atoms with van der Waals surface area (Å²) in [6, 6.07) is 3.29. The first-order valence-corrected chi connectivity index (χ1v) is 4.17. The molecule has 0 saturated carbocycles. The molecule has 0 radical (unpaired) electrons. The van der Waals surface area contributed by atoms with E-state index in [1.54, 1.807) is 0 Å². The number of benzene rings is 1. The minimum Gasteiger partial charge on any atom is -0.395 e. The van der Waals surface area contributed by atoms with Gasteiger partial charge in [0.05, 0.1) is 5.69 Å². The highest BCUT2D eigenvalue weighted by Crippen LogP contribution is 2.24. The normalized spacial score (nSPS) is 10.1. The first kappa shape index (κ1) is 8.53. The maximum absolute atomic E-state index is 12.9. The highest BCUT2D eigenvalue weighted by Gasteiger charge is 2.03. The average Bonchev–Trinajstić information content (AvgIpc) is 1.99. The summed E-state index contributed by atoms with van der Waals surface area (Å²) >= 11 is 3.17. The van der Waals surface area contributed by atoms with Crippen molar-refractivity contribution >= 4 is 21.6 Å². The van der Waals surface area contributed by atoms with Gasteiger partial charge in [-0.1, -0.05) is 6.92 Å². The van der Waals surface area contributed by atoms with Crippen LogP contribution in [-0.4, -0.2) is 0 Å². The van der Waals surface area contributed by atoms with E-state index in [0.29, 0.717) is 4.47 Å². The van der Waals surface area contributed by atoms with Gasteiger partial charge in [-0.15, -0.1) is 0 Å². The van der Waals surface area contributed by atoms with Gasteiger partial charge in [0.1, 0.15) is 5.82 Å². The lowest BCUT2D eigenvalue weighted by atomic mass is 10.1. The molecule has 0 fully saturated rings. The molecule has 0 amide bonds. The SMILES string of the molecule is CCc1cc(F)c(N)c(Br)c1. The van der Waals surface area contributed by atoms with Gasteiger partial charge in [-0.3, -0.25) is 0 Å². The van der Waals surface area contributed by atoms with Gasteiger partial charge in [-0.05, 0) is 40.0 Å². The molecule has 1 aromatic carbocycles. The molecule has 0 unspecified atom stereocenters. The molecule has 0 bridgehead atoms. The van der Waals surface area contributed by atoms with Gasteiger partial charge >= 0.3 is 0 Å². The maximum Gasteiger partial charge on any atom is 0.147 e. The molecule has 0 aliphatic heterocycles. The molecule has 0 aromatic heterocycles. The number of aryl methyl sites for hydroxylation is 1. The van der Waals surface area contributed by atoms with Crippen LogP contribution in [0.3, 0.4) is 0 Å². The van der Waals surface area contributed by atoms with E-state index in [9.17, 15) is 4.39 Å². The summed E-state index contributed by atoms with van der Waals surface area (Å²) in [7, 11) is 0. The van der Waals surface area contributed by atoms with E-state index in [1.807, 2.05) is 13.0 Å². The molecular formula is C8H9BrFN. The fourth-order valence-corrected chi connectivity index (χ4v) is 1.32. The molecule has 0 aliphatic carbocycles. The highest BCUT2D eigenvalue weighted by molar-refractivity contribution is 9.10. The Kier molecular flexibility index (Phi) is 2.49. The molecule has 0 atom stereocenters. The van der Waals surface area contributed by atoms with E-state index in [1.165, 1.54) is 6.07 Å². The van der Waals surface area contributed by atoms with E-state index in [-0.39, 0.29) is 11.5 Å². The first-order valence-electron chi connectivity index (χ1n) is 3.38. The molecule has 0 aliphatic rings. The molecule has 11 heavy (non-hydrogen) atoms. The lowest BCUT2D eigenvalue weighted by molar-refractivity contribution is 0.629. The maximum atomic E-state index is 12.9. The Hall–Kier alpha value is -0.570. The molecule has 1 nitrogen and oxygen atoms in total. The second-order valence-corrected chi connectivity index (χ2v) is 3.18. The van der Waals surface area contributed by atoms with Gasteiger partial charge in [-0.2, -0.15) is 0 Å². The summed E-state index contributed by atoms with van der Waals surface area (Å²) in [5.41, 5.74) is 6.51. The molecule has 1 aromatic rings. The van der Waals surface area contributed by atoms with Gasteiger partial charge in [0.2, 0.25) is 0 Å². The predicted molar refractivity (Wildman–Crippen MR) is 47.9 cm³/mol. The quantitative estimate of drug-likeness (QED) is 0.720. The third-order valence-corrected chi connectivity index (χ3v) is 2.20. The summed E-state index contributed by atoms with van der Waals surface area (Å²) < 4.78 is 13.5. The molecule has 60 valence electrons. The van der Waals surface area contributed by atoms with Crippen molar-refractivity contribution in [3.63, 3.8) is 0 Å². The van der Waals surface area contributed by atoms with E-state index < -0.39 is 0 Å². The van der Waals surface area contributed by atoms with Crippen molar-refractivity contribution in [2.24, 2.45) is 0 Å². The Morgan fingerprint density at radius 1 is 1.55 bits per heavy atom. The Balaban J connectivity index is 3.21. The zero-order valence-corrected chi connectivity index (χ0v) is 7.78. The fraction of sp³-hybridized carbons (Fsp3) is 0.250. The summed E-state index contributed by atoms with van der Waals surface area (Å²) in [5.74, 6) is -0.351. The third-order valence-electron chi connectivity index (χ3n) is 1.55. The second kappa shape index (κ2) is 3.22. The number of anilines is 1. The number of rotatable bonds is 1. The van der Waals surface area contributed by atoms with Crippen LogP contribution >= 0.6 is 15.9 Å². The zero-order chi connectivity index (χ0) is 8.43. The van der Waals surface area contributed by atoms with Gasteiger partial charge in [-0.25, -0.2) is 4.39 Å². The van der Waals surface area contributed by atoms with Gasteiger partial charge in [0.25, 0.3) is 0 Å². The Morgan fingerprint density at radius 2 is 2.18 bits per heavy atom. The van der Waals surface area contributed by atoms with E-state index in [4.69, 9.17) is 5.73 Å². The van der Waals surface area contributed by atoms with Gasteiger partial charge in [0.15, 0.2) is 0 Å². The van der Waals surface area contributed by atoms with Gasteiger partial charge < -0.3 is 5.73 Å². The van der Waals surface area contributed by atoms with E-state index in [2.05, 4.69) is 15.9 Å². The van der Waals surface area contributed by atoms with Crippen molar-refractivity contribution in [3.05, 3.63) is 28.0 Å². The lowest BCUT2D eigenvalue weighted by Gasteiger charge is -2.02. The standard InChI is InChI=1S/C8H9BrFN/c1-2-5-3-6(9)8(11)7(10)4-5/h3-4H,2,11H2,1H3. The van der Waals surface area contributed by atoms with Crippen LogP contribution in [0.5, 0.6) is 0 Å². The molecule has 3 heteroatoms. The van der Waals surface area contributed by atoms with Crippen LogP contribution in [0.25, 0.3) is 0 Å². The van der Waals surface area contributed by atoms with Gasteiger partial charge in [0, 0.05) is 4.47 Å². The highest BCUT2D eigenvalue weighted by atomic mass is 79.9. The van der Waals surface area contributed by atoms with Crippen molar-refractivity contribution in [1.82, 2.24) is 0 Å². The van der Waals surface area contributed by atoms with Crippen LogP contribution in [0.1, 0.15) is 12.5 Å². The van der Waals surface area contributed by atoms with Crippen LogP contribution in [-0.2, 0) is 6.42 Å². The number of hydrogen-bond acceptors (Lipinski definition) is 1. The fourth-order valence-electron chi connectivity index (χ4n) is 0.841. The molecule has 1 rings (SSSR count). The largest absolute Gasteiger partial charge is 0.395 e. The van der Waals surface area contributed by atoms with E-state index >= 15 is 0 Å². The van der Waals surface area contributed by atoms with Crippen LogP contribution in [0, 0.1) is 5.82 Å². The number of nitrogens with two attached hydrogens (primary N) is 1. The number of halogens is 2. The topological polar surface area (TPSA) is 26.0 Å². The lowest BCUT2D eigenvalue weighted by Crippen LogP contribution is -1.93. The molecule has 0 saturated heterocycles. The van der Waals surface area contributed by atoms with Crippen molar-refractivity contribution in [2.75, 3.05) is 5.73 Å². The summed E-state index contributed by atoms with van der Waals surface area (Å²) in [6.45, 7) is 1.97. The van der Waals surface area contributed by atoms with Crippen molar-refractivity contribution < 1.29 is 4.39 Å². The van der Waals surface area contributed by atoms with Crippen molar-refractivity contribution in [3.8, 4) is 0 Å². The second-order valence-electron chi connectivity index (χ2n) is 2.33. The third kappa shape index (κ3) is 1.71. The summed E-state index contributed by atoms with van der Waals surface area (Å²) in [6.07, 6.45) is 0.815. The number of nitrogen functional groups attached to an aromatic ring is 1. The van der Waals surface area contributed by atoms with Crippen molar-refractivity contribution in [1.29, 1.82) is 0 Å². The Labute approximate surface area is 73.5 Å². The minimum absolute atomic E-state index is 0.183. The smallest absolute Gasteiger partial charge is 0.147 e. The molecule has 0 heterocycles. The zero-order valence-electron chi connectivity index (χ0n) is 6.20. The predicted octanol–water partition coefficient (Wildman–Crippen LogP) is 2.73. The summed E-state index contributed by atoms with van der Waals surface area (Å²) in [5, 5.41) is 0. The number of hydrogen-bond donors (Lipinski definition) is 1. The van der Waals surface area contributed by atoms with Crippen molar-refractivity contribution in [2.45, 2.75) is 13.3 Å². The molecule has 0 spiro atoms. The van der Waals surface area contributed by atoms with Crippen LogP contribution < -0.4 is 5.73 Å². The monoisotopic (exact) mass is 217 g/mol. The minimum atomic E-state index is -0.351. The van der Waals surface area contributed by atoms with Crippen LogP contribution in [0.15, 0.2) is 16.6 Å². The van der Waals surface area contributed by atoms with Crippen LogP contribution in [0.2, 0.25) is 0 Å². The average molecular weight is 218 g/mol. The van der Waals surface area contributed by atoms with E-state index in [0.717, 1.165) is 12.0 Å². The summed E-state index contributed by atoms with van der Waals surface area (Å²) in [4.78, 5) is 0. The molecular weight excluding hydrogens is 209 g/mol. The molecule has 2 N–H and O–H groups in total. The Bertz CT molecular complexity index is 250.